The van der Waals surface area contributed by atoms with E-state index in [-0.39, 0.29) is 6.04 Å². The first-order valence-electron chi connectivity index (χ1n) is 7.19. The van der Waals surface area contributed by atoms with Crippen LogP contribution in [0.15, 0.2) is 24.3 Å². The van der Waals surface area contributed by atoms with E-state index in [0.717, 1.165) is 25.9 Å². The lowest BCUT2D eigenvalue weighted by Crippen LogP contribution is -2.36. The molecule has 0 bridgehead atoms. The Bertz CT molecular complexity index is 502. The van der Waals surface area contributed by atoms with Gasteiger partial charge in [0.15, 0.2) is 0 Å². The predicted octanol–water partition coefficient (Wildman–Crippen LogP) is 1.50. The second-order valence-electron chi connectivity index (χ2n) is 5.44. The summed E-state index contributed by atoms with van der Waals surface area (Å²) in [4.78, 5) is 25.6. The molecule has 5 heteroatoms. The van der Waals surface area contributed by atoms with Crippen molar-refractivity contribution in [2.24, 2.45) is 0 Å². The molecule has 1 aliphatic carbocycles. The van der Waals surface area contributed by atoms with Gasteiger partial charge >= 0.3 is 11.8 Å². The van der Waals surface area contributed by atoms with Crippen LogP contribution in [-0.2, 0) is 9.59 Å². The highest BCUT2D eigenvalue weighted by atomic mass is 16.2. The van der Waals surface area contributed by atoms with Crippen LogP contribution in [0, 0.1) is 0 Å². The molecular formula is C15H19N3O2. The van der Waals surface area contributed by atoms with Crippen molar-refractivity contribution < 1.29 is 9.59 Å². The number of carbonyl (C=O) groups excluding carboxylic acids is 2. The number of hydrogen-bond acceptors (Lipinski definition) is 3. The largest absolute Gasteiger partial charge is 0.372 e. The van der Waals surface area contributed by atoms with Crippen molar-refractivity contribution in [1.82, 2.24) is 5.32 Å². The van der Waals surface area contributed by atoms with Crippen LogP contribution in [0.3, 0.4) is 0 Å². The monoisotopic (exact) mass is 273 g/mol. The van der Waals surface area contributed by atoms with Gasteiger partial charge in [-0.2, -0.15) is 0 Å². The summed E-state index contributed by atoms with van der Waals surface area (Å²) in [6.45, 7) is 2.19. The zero-order valence-corrected chi connectivity index (χ0v) is 11.4. The first-order valence-corrected chi connectivity index (χ1v) is 7.19. The number of nitrogens with one attached hydrogen (secondary N) is 2. The molecule has 1 saturated carbocycles. The molecule has 2 fully saturated rings. The highest BCUT2D eigenvalue weighted by Crippen LogP contribution is 2.22. The molecule has 5 nitrogen and oxygen atoms in total. The molecule has 0 unspecified atom stereocenters. The summed E-state index contributed by atoms with van der Waals surface area (Å²) >= 11 is 0. The summed E-state index contributed by atoms with van der Waals surface area (Å²) in [5, 5.41) is 5.29. The number of nitrogens with zero attached hydrogens (tertiary/aromatic N) is 1. The Morgan fingerprint density at radius 1 is 1.00 bits per heavy atom. The smallest absolute Gasteiger partial charge is 0.313 e. The van der Waals surface area contributed by atoms with Crippen molar-refractivity contribution in [3.63, 3.8) is 0 Å². The third-order valence-electron chi connectivity index (χ3n) is 3.72. The summed E-state index contributed by atoms with van der Waals surface area (Å²) in [6.07, 6.45) is 4.42. The van der Waals surface area contributed by atoms with Crippen molar-refractivity contribution in [3.05, 3.63) is 24.3 Å². The van der Waals surface area contributed by atoms with Crippen LogP contribution in [0.25, 0.3) is 0 Å². The van der Waals surface area contributed by atoms with Crippen LogP contribution in [0.2, 0.25) is 0 Å². The van der Waals surface area contributed by atoms with E-state index in [1.54, 1.807) is 0 Å². The molecule has 0 atom stereocenters. The molecule has 1 aromatic rings. The van der Waals surface area contributed by atoms with Gasteiger partial charge < -0.3 is 15.5 Å². The molecule has 0 radical (unpaired) electrons. The number of rotatable bonds is 3. The highest BCUT2D eigenvalue weighted by molar-refractivity contribution is 6.39. The van der Waals surface area contributed by atoms with Gasteiger partial charge in [-0.15, -0.1) is 0 Å². The molecule has 1 heterocycles. The Morgan fingerprint density at radius 2 is 1.65 bits per heavy atom. The number of anilines is 2. The lowest BCUT2D eigenvalue weighted by molar-refractivity contribution is -0.136. The van der Waals surface area contributed by atoms with E-state index in [1.807, 2.05) is 24.3 Å². The zero-order valence-electron chi connectivity index (χ0n) is 11.4. The van der Waals surface area contributed by atoms with Crippen molar-refractivity contribution in [1.29, 1.82) is 0 Å². The molecule has 1 aliphatic heterocycles. The standard InChI is InChI=1S/C15H19N3O2/c19-14(16-11-3-4-11)15(20)17-12-5-7-13(8-6-12)18-9-1-2-10-18/h5-8,11H,1-4,9-10H2,(H,16,19)(H,17,20). The summed E-state index contributed by atoms with van der Waals surface area (Å²) < 4.78 is 0. The van der Waals surface area contributed by atoms with E-state index < -0.39 is 11.8 Å². The molecule has 0 aromatic heterocycles. The molecular weight excluding hydrogens is 254 g/mol. The van der Waals surface area contributed by atoms with Gasteiger partial charge in [0.05, 0.1) is 0 Å². The van der Waals surface area contributed by atoms with Gasteiger partial charge in [0, 0.05) is 30.5 Å². The minimum absolute atomic E-state index is 0.200. The third kappa shape index (κ3) is 3.10. The molecule has 2 aliphatic rings. The van der Waals surface area contributed by atoms with Crippen LogP contribution in [0.1, 0.15) is 25.7 Å². The molecule has 106 valence electrons. The van der Waals surface area contributed by atoms with Crippen LogP contribution >= 0.6 is 0 Å². The normalized spacial score (nSPS) is 17.9. The maximum absolute atomic E-state index is 11.7. The predicted molar refractivity (Wildman–Crippen MR) is 77.7 cm³/mol. The van der Waals surface area contributed by atoms with Crippen molar-refractivity contribution in [2.45, 2.75) is 31.7 Å². The second kappa shape index (κ2) is 5.53. The van der Waals surface area contributed by atoms with Gasteiger partial charge in [0.2, 0.25) is 0 Å². The molecule has 1 saturated heterocycles. The van der Waals surface area contributed by atoms with Crippen LogP contribution in [-0.4, -0.2) is 30.9 Å². The molecule has 1 aromatic carbocycles. The summed E-state index contributed by atoms with van der Waals surface area (Å²) in [5.41, 5.74) is 1.83. The molecule has 20 heavy (non-hydrogen) atoms. The van der Waals surface area contributed by atoms with E-state index in [2.05, 4.69) is 15.5 Å². The van der Waals surface area contributed by atoms with Gasteiger partial charge in [-0.25, -0.2) is 0 Å². The average Bonchev–Trinajstić information content (AvgIpc) is 3.10. The fourth-order valence-corrected chi connectivity index (χ4v) is 2.40. The third-order valence-corrected chi connectivity index (χ3v) is 3.72. The molecule has 3 rings (SSSR count). The Hall–Kier alpha value is -2.04. The first kappa shape index (κ1) is 13.0. The Kier molecular flexibility index (Phi) is 3.58. The minimum Gasteiger partial charge on any atom is -0.372 e. The van der Waals surface area contributed by atoms with E-state index in [0.29, 0.717) is 5.69 Å². The zero-order chi connectivity index (χ0) is 13.9. The fourth-order valence-electron chi connectivity index (χ4n) is 2.40. The highest BCUT2D eigenvalue weighted by Gasteiger charge is 2.26. The molecule has 2 amide bonds. The second-order valence-corrected chi connectivity index (χ2v) is 5.44. The molecule has 0 spiro atoms. The Morgan fingerprint density at radius 3 is 2.25 bits per heavy atom. The fraction of sp³-hybridized carbons (Fsp3) is 0.467. The number of amides is 2. The number of benzene rings is 1. The van der Waals surface area contributed by atoms with Gasteiger partial charge in [0.25, 0.3) is 0 Å². The van der Waals surface area contributed by atoms with Crippen molar-refractivity contribution in [3.8, 4) is 0 Å². The Labute approximate surface area is 118 Å². The topological polar surface area (TPSA) is 61.4 Å². The SMILES string of the molecule is O=C(Nc1ccc(N2CCCC2)cc1)C(=O)NC1CC1. The van der Waals surface area contributed by atoms with Gasteiger partial charge in [0.1, 0.15) is 0 Å². The maximum Gasteiger partial charge on any atom is 0.313 e. The maximum atomic E-state index is 11.7. The van der Waals surface area contributed by atoms with E-state index in [4.69, 9.17) is 0 Å². The lowest BCUT2D eigenvalue weighted by Gasteiger charge is -2.17. The van der Waals surface area contributed by atoms with Gasteiger partial charge in [-0.1, -0.05) is 0 Å². The summed E-state index contributed by atoms with van der Waals surface area (Å²) in [6, 6.07) is 7.86. The van der Waals surface area contributed by atoms with Crippen LogP contribution < -0.4 is 15.5 Å². The van der Waals surface area contributed by atoms with Crippen molar-refractivity contribution >= 4 is 23.2 Å². The number of hydrogen-bond donors (Lipinski definition) is 2. The van der Waals surface area contributed by atoms with E-state index >= 15 is 0 Å². The van der Waals surface area contributed by atoms with Crippen LogP contribution in [0.5, 0.6) is 0 Å². The quantitative estimate of drug-likeness (QED) is 0.821. The van der Waals surface area contributed by atoms with Crippen LogP contribution in [0.4, 0.5) is 11.4 Å². The molecule has 2 N–H and O–H groups in total. The average molecular weight is 273 g/mol. The van der Waals surface area contributed by atoms with Gasteiger partial charge in [-0.05, 0) is 49.9 Å². The van der Waals surface area contributed by atoms with E-state index in [1.165, 1.54) is 18.5 Å². The summed E-state index contributed by atoms with van der Waals surface area (Å²) in [7, 11) is 0. The number of carbonyl (C=O) groups is 2. The Balaban J connectivity index is 1.56. The first-order chi connectivity index (χ1) is 9.72. The van der Waals surface area contributed by atoms with Crippen molar-refractivity contribution in [2.75, 3.05) is 23.3 Å². The van der Waals surface area contributed by atoms with Gasteiger partial charge in [-0.3, -0.25) is 9.59 Å². The lowest BCUT2D eigenvalue weighted by atomic mass is 10.2. The summed E-state index contributed by atoms with van der Waals surface area (Å²) in [5.74, 6) is -1.14. The minimum atomic E-state index is -0.592. The van der Waals surface area contributed by atoms with E-state index in [9.17, 15) is 9.59 Å².